The standard InChI is InChI=1S/C22H31N3O2S/c1-15-19(28-21(24-15)22(2,3)4)20(26)23-14-17(25-12-8-9-13-25)16-10-6-7-11-18(16)27-5/h6-7,10-11,17H,8-9,12-14H2,1-5H3,(H,23,26). The number of nitrogens with zero attached hydrogens (tertiary/aromatic N) is 2. The molecule has 1 aliphatic heterocycles. The van der Waals surface area contributed by atoms with Gasteiger partial charge in [0.15, 0.2) is 0 Å². The molecule has 1 N–H and O–H groups in total. The molecule has 3 rings (SSSR count). The van der Waals surface area contributed by atoms with E-state index in [1.54, 1.807) is 7.11 Å². The highest BCUT2D eigenvalue weighted by Crippen LogP contribution is 2.32. The number of para-hydroxylation sites is 1. The summed E-state index contributed by atoms with van der Waals surface area (Å²) >= 11 is 1.50. The number of carbonyl (C=O) groups is 1. The smallest absolute Gasteiger partial charge is 0.263 e. The molecule has 0 bridgehead atoms. The number of aromatic nitrogens is 1. The molecule has 0 aliphatic carbocycles. The van der Waals surface area contributed by atoms with Crippen molar-refractivity contribution in [1.82, 2.24) is 15.2 Å². The zero-order valence-electron chi connectivity index (χ0n) is 17.5. The van der Waals surface area contributed by atoms with Gasteiger partial charge in [-0.05, 0) is 38.9 Å². The lowest BCUT2D eigenvalue weighted by atomic mass is 9.98. The van der Waals surface area contributed by atoms with Crippen molar-refractivity contribution in [2.45, 2.75) is 52.0 Å². The summed E-state index contributed by atoms with van der Waals surface area (Å²) in [5, 5.41) is 4.16. The number of methoxy groups -OCH3 is 1. The van der Waals surface area contributed by atoms with Crippen molar-refractivity contribution in [2.24, 2.45) is 0 Å². The molecule has 1 aliphatic rings. The first-order valence-electron chi connectivity index (χ1n) is 9.94. The number of thiazole rings is 1. The maximum absolute atomic E-state index is 12.9. The Kier molecular flexibility index (Phi) is 6.40. The van der Waals surface area contributed by atoms with E-state index in [0.29, 0.717) is 11.4 Å². The fourth-order valence-corrected chi connectivity index (χ4v) is 4.67. The third kappa shape index (κ3) is 4.55. The average molecular weight is 402 g/mol. The van der Waals surface area contributed by atoms with E-state index in [9.17, 15) is 4.79 Å². The van der Waals surface area contributed by atoms with Crippen LogP contribution in [0.1, 0.15) is 65.6 Å². The van der Waals surface area contributed by atoms with Gasteiger partial charge in [0.25, 0.3) is 5.91 Å². The summed E-state index contributed by atoms with van der Waals surface area (Å²) in [6, 6.07) is 8.22. The van der Waals surface area contributed by atoms with Crippen LogP contribution in [0.2, 0.25) is 0 Å². The third-order valence-electron chi connectivity index (χ3n) is 5.18. The lowest BCUT2D eigenvalue weighted by Gasteiger charge is -2.29. The summed E-state index contributed by atoms with van der Waals surface area (Å²) in [5.74, 6) is 0.835. The number of amides is 1. The highest BCUT2D eigenvalue weighted by atomic mass is 32.1. The molecule has 1 unspecified atom stereocenters. The Morgan fingerprint density at radius 3 is 2.57 bits per heavy atom. The minimum absolute atomic E-state index is 0.0374. The molecule has 2 aromatic rings. The van der Waals surface area contributed by atoms with Crippen LogP contribution in [-0.2, 0) is 5.41 Å². The van der Waals surface area contributed by atoms with Crippen LogP contribution in [-0.4, -0.2) is 42.5 Å². The first kappa shape index (κ1) is 20.8. The summed E-state index contributed by atoms with van der Waals surface area (Å²) in [7, 11) is 1.70. The number of ether oxygens (including phenoxy) is 1. The predicted octanol–water partition coefficient (Wildman–Crippen LogP) is 4.32. The van der Waals surface area contributed by atoms with Crippen LogP contribution >= 0.6 is 11.3 Å². The minimum atomic E-state index is -0.0521. The van der Waals surface area contributed by atoms with E-state index < -0.39 is 0 Å². The summed E-state index contributed by atoms with van der Waals surface area (Å²) in [4.78, 5) is 20.7. The van der Waals surface area contributed by atoms with Gasteiger partial charge in [0, 0.05) is 17.5 Å². The van der Waals surface area contributed by atoms with E-state index in [2.05, 4.69) is 42.0 Å². The number of likely N-dealkylation sites (tertiary alicyclic amines) is 1. The van der Waals surface area contributed by atoms with Crippen molar-refractivity contribution in [2.75, 3.05) is 26.7 Å². The molecule has 1 aromatic heterocycles. The van der Waals surface area contributed by atoms with Crippen molar-refractivity contribution in [3.8, 4) is 5.75 Å². The van der Waals surface area contributed by atoms with Gasteiger partial charge in [-0.1, -0.05) is 39.0 Å². The first-order chi connectivity index (χ1) is 13.3. The van der Waals surface area contributed by atoms with Crippen LogP contribution in [0.15, 0.2) is 24.3 Å². The predicted molar refractivity (Wildman–Crippen MR) is 114 cm³/mol. The summed E-state index contributed by atoms with van der Waals surface area (Å²) in [5.41, 5.74) is 1.88. The van der Waals surface area contributed by atoms with Crippen LogP contribution in [0.3, 0.4) is 0 Å². The fraction of sp³-hybridized carbons (Fsp3) is 0.545. The lowest BCUT2D eigenvalue weighted by Crippen LogP contribution is -2.37. The van der Waals surface area contributed by atoms with Gasteiger partial charge >= 0.3 is 0 Å². The quantitative estimate of drug-likeness (QED) is 0.783. The molecule has 2 heterocycles. The molecule has 5 nitrogen and oxygen atoms in total. The summed E-state index contributed by atoms with van der Waals surface area (Å²) in [6.45, 7) is 10.9. The van der Waals surface area contributed by atoms with Gasteiger partial charge in [-0.3, -0.25) is 9.69 Å². The SMILES string of the molecule is COc1ccccc1C(CNC(=O)c1sc(C(C)(C)C)nc1C)N1CCCC1. The molecule has 1 amide bonds. The van der Waals surface area contributed by atoms with Crippen molar-refractivity contribution in [3.05, 3.63) is 45.4 Å². The van der Waals surface area contributed by atoms with E-state index in [1.807, 2.05) is 25.1 Å². The minimum Gasteiger partial charge on any atom is -0.496 e. The largest absolute Gasteiger partial charge is 0.496 e. The number of nitrogens with one attached hydrogen (secondary N) is 1. The fourth-order valence-electron chi connectivity index (χ4n) is 3.63. The molecule has 1 fully saturated rings. The van der Waals surface area contributed by atoms with Gasteiger partial charge < -0.3 is 10.1 Å². The highest BCUT2D eigenvalue weighted by Gasteiger charge is 2.28. The molecule has 1 aromatic carbocycles. The van der Waals surface area contributed by atoms with Gasteiger partial charge in [-0.25, -0.2) is 4.98 Å². The van der Waals surface area contributed by atoms with Crippen LogP contribution in [0.25, 0.3) is 0 Å². The molecule has 1 saturated heterocycles. The topological polar surface area (TPSA) is 54.5 Å². The highest BCUT2D eigenvalue weighted by molar-refractivity contribution is 7.14. The molecule has 0 spiro atoms. The Labute approximate surface area is 172 Å². The third-order valence-corrected chi connectivity index (χ3v) is 6.76. The Morgan fingerprint density at radius 2 is 1.96 bits per heavy atom. The molecule has 0 saturated carbocycles. The monoisotopic (exact) mass is 401 g/mol. The van der Waals surface area contributed by atoms with E-state index in [1.165, 1.54) is 24.2 Å². The molecule has 1 atom stereocenters. The van der Waals surface area contributed by atoms with Crippen molar-refractivity contribution < 1.29 is 9.53 Å². The van der Waals surface area contributed by atoms with Crippen LogP contribution < -0.4 is 10.1 Å². The number of benzene rings is 1. The number of hydrogen-bond donors (Lipinski definition) is 1. The number of carbonyl (C=O) groups excluding carboxylic acids is 1. The van der Waals surface area contributed by atoms with E-state index in [0.717, 1.165) is 35.1 Å². The first-order valence-corrected chi connectivity index (χ1v) is 10.8. The van der Waals surface area contributed by atoms with Gasteiger partial charge in [0.05, 0.1) is 23.9 Å². The lowest BCUT2D eigenvalue weighted by molar-refractivity contribution is 0.0940. The molecule has 6 heteroatoms. The summed E-state index contributed by atoms with van der Waals surface area (Å²) in [6.07, 6.45) is 2.39. The maximum Gasteiger partial charge on any atom is 0.263 e. The normalized spacial score (nSPS) is 16.2. The van der Waals surface area contributed by atoms with Gasteiger partial charge in [0.1, 0.15) is 10.6 Å². The van der Waals surface area contributed by atoms with Gasteiger partial charge in [-0.2, -0.15) is 0 Å². The zero-order valence-corrected chi connectivity index (χ0v) is 18.4. The summed E-state index contributed by atoms with van der Waals surface area (Å²) < 4.78 is 5.59. The molecule has 0 radical (unpaired) electrons. The Balaban J connectivity index is 1.79. The molecule has 28 heavy (non-hydrogen) atoms. The van der Waals surface area contributed by atoms with Crippen molar-refractivity contribution in [3.63, 3.8) is 0 Å². The van der Waals surface area contributed by atoms with Crippen LogP contribution in [0.4, 0.5) is 0 Å². The van der Waals surface area contributed by atoms with Gasteiger partial charge in [-0.15, -0.1) is 11.3 Å². The maximum atomic E-state index is 12.9. The second kappa shape index (κ2) is 8.62. The molecular formula is C22H31N3O2S. The second-order valence-electron chi connectivity index (χ2n) is 8.39. The van der Waals surface area contributed by atoms with Crippen molar-refractivity contribution >= 4 is 17.2 Å². The van der Waals surface area contributed by atoms with E-state index in [4.69, 9.17) is 4.74 Å². The Hall–Kier alpha value is -1.92. The molecule has 152 valence electrons. The Bertz CT molecular complexity index is 819. The number of aryl methyl sites for hydroxylation is 1. The van der Waals surface area contributed by atoms with E-state index in [-0.39, 0.29) is 17.4 Å². The Morgan fingerprint density at radius 1 is 1.29 bits per heavy atom. The number of rotatable bonds is 6. The van der Waals surface area contributed by atoms with Crippen LogP contribution in [0.5, 0.6) is 5.75 Å². The van der Waals surface area contributed by atoms with Gasteiger partial charge in [0.2, 0.25) is 0 Å². The van der Waals surface area contributed by atoms with Crippen molar-refractivity contribution in [1.29, 1.82) is 0 Å². The second-order valence-corrected chi connectivity index (χ2v) is 9.39. The number of hydrogen-bond acceptors (Lipinski definition) is 5. The zero-order chi connectivity index (χ0) is 20.3. The van der Waals surface area contributed by atoms with Crippen LogP contribution in [0, 0.1) is 6.92 Å². The average Bonchev–Trinajstić information content (AvgIpc) is 3.31. The van der Waals surface area contributed by atoms with E-state index >= 15 is 0 Å². The molecular weight excluding hydrogens is 370 g/mol.